The summed E-state index contributed by atoms with van der Waals surface area (Å²) in [4.78, 5) is 23.0. The number of thioether (sulfide) groups is 1. The van der Waals surface area contributed by atoms with Crippen LogP contribution in [0.1, 0.15) is 27.1 Å². The van der Waals surface area contributed by atoms with Gasteiger partial charge in [0, 0.05) is 27.4 Å². The zero-order valence-corrected chi connectivity index (χ0v) is 18.1. The number of nitrogens with one attached hydrogen (secondary N) is 1. The second kappa shape index (κ2) is 7.70. The van der Waals surface area contributed by atoms with Gasteiger partial charge in [-0.1, -0.05) is 36.4 Å². The summed E-state index contributed by atoms with van der Waals surface area (Å²) < 4.78 is 1.68. The van der Waals surface area contributed by atoms with E-state index < -0.39 is 0 Å². The van der Waals surface area contributed by atoms with Crippen LogP contribution >= 0.6 is 23.1 Å². The van der Waals surface area contributed by atoms with Crippen LogP contribution in [0, 0.1) is 13.8 Å². The van der Waals surface area contributed by atoms with Crippen LogP contribution in [0.2, 0.25) is 0 Å². The molecule has 6 nitrogen and oxygen atoms in total. The third-order valence-corrected chi connectivity index (χ3v) is 7.17. The molecule has 0 saturated heterocycles. The molecule has 1 aliphatic heterocycles. The summed E-state index contributed by atoms with van der Waals surface area (Å²) in [5, 5.41) is 10.1. The Morgan fingerprint density at radius 1 is 1.07 bits per heavy atom. The molecule has 150 valence electrons. The lowest BCUT2D eigenvalue weighted by molar-refractivity contribution is -0.113. The maximum absolute atomic E-state index is 12.6. The Morgan fingerprint density at radius 2 is 1.83 bits per heavy atom. The number of anilines is 1. The van der Waals surface area contributed by atoms with Crippen molar-refractivity contribution in [2.75, 3.05) is 11.1 Å². The molecule has 1 amide bonds. The van der Waals surface area contributed by atoms with Gasteiger partial charge in [-0.3, -0.25) is 4.79 Å². The van der Waals surface area contributed by atoms with Crippen molar-refractivity contribution in [3.05, 3.63) is 75.7 Å². The Hall–Kier alpha value is -2.97. The highest BCUT2D eigenvalue weighted by Gasteiger charge is 2.33. The lowest BCUT2D eigenvalue weighted by atomic mass is 10.0. The number of benzene rings is 1. The zero-order chi connectivity index (χ0) is 20.7. The predicted molar refractivity (Wildman–Crippen MR) is 121 cm³/mol. The van der Waals surface area contributed by atoms with E-state index in [1.165, 1.54) is 4.88 Å². The molecule has 0 unspecified atom stereocenters. The molecule has 8 heteroatoms. The van der Waals surface area contributed by atoms with E-state index in [0.29, 0.717) is 17.5 Å². The smallest absolute Gasteiger partial charge is 0.252 e. The van der Waals surface area contributed by atoms with Gasteiger partial charge in [-0.15, -0.1) is 23.1 Å². The molecular weight excluding hydrogens is 414 g/mol. The van der Waals surface area contributed by atoms with Crippen LogP contribution in [0.15, 0.2) is 53.9 Å². The molecule has 0 bridgehead atoms. The fraction of sp³-hybridized carbons (Fsp3) is 0.182. The average molecular weight is 434 g/mol. The van der Waals surface area contributed by atoms with Crippen LogP contribution < -0.4 is 5.32 Å². The minimum Gasteiger partial charge on any atom is -0.309 e. The molecular formula is C22H19N5OS2. The molecule has 30 heavy (non-hydrogen) atoms. The number of carbonyl (C=O) groups is 1. The Bertz CT molecular complexity index is 1200. The molecule has 1 atom stereocenters. The first-order valence-corrected chi connectivity index (χ1v) is 11.5. The molecule has 0 aliphatic carbocycles. The quantitative estimate of drug-likeness (QED) is 0.503. The SMILES string of the molecule is Cc1cc(C)nc(-n2nc(-c3ccccc3)c3c2NC(=O)CS[C@@H]3c2cccs2)n1. The molecule has 0 spiro atoms. The lowest BCUT2D eigenvalue weighted by Gasteiger charge is -2.14. The van der Waals surface area contributed by atoms with Crippen molar-refractivity contribution in [3.8, 4) is 17.2 Å². The monoisotopic (exact) mass is 433 g/mol. The van der Waals surface area contributed by atoms with E-state index >= 15 is 0 Å². The zero-order valence-electron chi connectivity index (χ0n) is 16.5. The maximum Gasteiger partial charge on any atom is 0.252 e. The van der Waals surface area contributed by atoms with E-state index in [0.717, 1.165) is 28.2 Å². The number of hydrogen-bond acceptors (Lipinski definition) is 6. The number of amides is 1. The fourth-order valence-corrected chi connectivity index (χ4v) is 5.74. The van der Waals surface area contributed by atoms with Crippen molar-refractivity contribution in [1.29, 1.82) is 0 Å². The summed E-state index contributed by atoms with van der Waals surface area (Å²) in [5.74, 6) is 1.43. The van der Waals surface area contributed by atoms with Crippen LogP contribution in [-0.2, 0) is 4.79 Å². The number of aromatic nitrogens is 4. The first-order valence-electron chi connectivity index (χ1n) is 9.56. The van der Waals surface area contributed by atoms with Gasteiger partial charge in [0.2, 0.25) is 5.91 Å². The molecule has 0 saturated carbocycles. The third-order valence-electron chi connectivity index (χ3n) is 4.83. The first kappa shape index (κ1) is 19.0. The van der Waals surface area contributed by atoms with Crippen molar-refractivity contribution >= 4 is 34.8 Å². The highest BCUT2D eigenvalue weighted by Crippen LogP contribution is 2.47. The molecule has 1 aromatic carbocycles. The number of fused-ring (bicyclic) bond motifs is 1. The molecule has 4 heterocycles. The predicted octanol–water partition coefficient (Wildman–Crippen LogP) is 4.78. The van der Waals surface area contributed by atoms with Crippen LogP contribution in [-0.4, -0.2) is 31.4 Å². The van der Waals surface area contributed by atoms with Crippen LogP contribution in [0.3, 0.4) is 0 Å². The standard InChI is InChI=1S/C22H19N5OS2/c1-13-11-14(2)24-22(23-13)27-21-18(19(26-27)15-7-4-3-5-8-15)20(16-9-6-10-29-16)30-12-17(28)25-21/h3-11,20H,12H2,1-2H3,(H,25,28)/t20-/m1/s1. The largest absolute Gasteiger partial charge is 0.309 e. The van der Waals surface area contributed by atoms with Gasteiger partial charge in [-0.05, 0) is 31.4 Å². The number of carbonyl (C=O) groups excluding carboxylic acids is 1. The van der Waals surface area contributed by atoms with E-state index in [2.05, 4.69) is 26.7 Å². The van der Waals surface area contributed by atoms with Crippen LogP contribution in [0.4, 0.5) is 5.82 Å². The third kappa shape index (κ3) is 3.42. The lowest BCUT2D eigenvalue weighted by Crippen LogP contribution is -2.17. The van der Waals surface area contributed by atoms with Crippen molar-refractivity contribution in [2.45, 2.75) is 19.1 Å². The normalized spacial score (nSPS) is 16.1. The summed E-state index contributed by atoms with van der Waals surface area (Å²) in [6, 6.07) is 16.1. The van der Waals surface area contributed by atoms with Gasteiger partial charge in [0.05, 0.1) is 16.7 Å². The van der Waals surface area contributed by atoms with Gasteiger partial charge in [0.15, 0.2) is 0 Å². The first-order chi connectivity index (χ1) is 14.6. The molecule has 0 fully saturated rings. The second-order valence-corrected chi connectivity index (χ2v) is 9.17. The second-order valence-electron chi connectivity index (χ2n) is 7.09. The molecule has 1 N–H and O–H groups in total. The summed E-state index contributed by atoms with van der Waals surface area (Å²) in [7, 11) is 0. The average Bonchev–Trinajstić information content (AvgIpc) is 3.34. The fourth-order valence-electron chi connectivity index (χ4n) is 3.63. The molecule has 1 aliphatic rings. The van der Waals surface area contributed by atoms with Crippen molar-refractivity contribution in [3.63, 3.8) is 0 Å². The maximum atomic E-state index is 12.6. The molecule has 5 rings (SSSR count). The van der Waals surface area contributed by atoms with E-state index in [9.17, 15) is 4.79 Å². The van der Waals surface area contributed by atoms with Crippen molar-refractivity contribution < 1.29 is 4.79 Å². The Balaban J connectivity index is 1.81. The van der Waals surface area contributed by atoms with Gasteiger partial charge in [0.25, 0.3) is 5.95 Å². The van der Waals surface area contributed by atoms with E-state index in [1.807, 2.05) is 56.3 Å². The molecule has 4 aromatic rings. The van der Waals surface area contributed by atoms with Gasteiger partial charge in [-0.25, -0.2) is 9.97 Å². The van der Waals surface area contributed by atoms with Crippen LogP contribution in [0.5, 0.6) is 0 Å². The van der Waals surface area contributed by atoms with E-state index in [-0.39, 0.29) is 11.2 Å². The summed E-state index contributed by atoms with van der Waals surface area (Å²) in [5.41, 5.74) is 4.53. The van der Waals surface area contributed by atoms with Gasteiger partial charge in [0.1, 0.15) is 5.82 Å². The number of rotatable bonds is 3. The van der Waals surface area contributed by atoms with E-state index in [1.54, 1.807) is 27.8 Å². The number of hydrogen-bond donors (Lipinski definition) is 1. The highest BCUT2D eigenvalue weighted by atomic mass is 32.2. The minimum atomic E-state index is -0.0505. The van der Waals surface area contributed by atoms with E-state index in [4.69, 9.17) is 5.10 Å². The summed E-state index contributed by atoms with van der Waals surface area (Å²) in [6.45, 7) is 3.86. The Kier molecular flexibility index (Phi) is 4.88. The topological polar surface area (TPSA) is 72.7 Å². The van der Waals surface area contributed by atoms with Crippen LogP contribution in [0.25, 0.3) is 17.2 Å². The van der Waals surface area contributed by atoms with Crippen molar-refractivity contribution in [2.24, 2.45) is 0 Å². The Labute approximate surface area is 182 Å². The molecule has 0 radical (unpaired) electrons. The number of thiophene rings is 1. The number of nitrogens with zero attached hydrogens (tertiary/aromatic N) is 4. The minimum absolute atomic E-state index is 0.00573. The van der Waals surface area contributed by atoms with Crippen molar-refractivity contribution in [1.82, 2.24) is 19.7 Å². The Morgan fingerprint density at radius 3 is 2.53 bits per heavy atom. The summed E-state index contributed by atoms with van der Waals surface area (Å²) in [6.07, 6.45) is 0. The highest BCUT2D eigenvalue weighted by molar-refractivity contribution is 8.00. The van der Waals surface area contributed by atoms with Gasteiger partial charge in [-0.2, -0.15) is 9.78 Å². The van der Waals surface area contributed by atoms with Gasteiger partial charge >= 0.3 is 0 Å². The molecule has 3 aromatic heterocycles. The summed E-state index contributed by atoms with van der Waals surface area (Å²) >= 11 is 3.31. The van der Waals surface area contributed by atoms with Gasteiger partial charge < -0.3 is 5.32 Å². The number of aryl methyl sites for hydroxylation is 2.